The Hall–Kier alpha value is -3.52. The largest absolute Gasteiger partial charge is 0.258 e. The fourth-order valence-electron chi connectivity index (χ4n) is 3.18. The average molecular weight is 393 g/mol. The van der Waals surface area contributed by atoms with Crippen molar-refractivity contribution in [2.45, 2.75) is 19.3 Å². The molecule has 0 saturated heterocycles. The second-order valence-electron chi connectivity index (χ2n) is 6.98. The summed E-state index contributed by atoms with van der Waals surface area (Å²) in [5.41, 5.74) is 3.96. The third kappa shape index (κ3) is 6.52. The van der Waals surface area contributed by atoms with Crippen LogP contribution in [0.4, 0.5) is 0 Å². The van der Waals surface area contributed by atoms with Gasteiger partial charge in [-0.3, -0.25) is 9.98 Å². The van der Waals surface area contributed by atoms with E-state index in [1.54, 1.807) is 6.08 Å². The van der Waals surface area contributed by atoms with Crippen LogP contribution in [0.15, 0.2) is 131 Å². The Morgan fingerprint density at radius 1 is 0.900 bits per heavy atom. The topological polar surface area (TPSA) is 24.7 Å². The summed E-state index contributed by atoms with van der Waals surface area (Å²) in [5.74, 6) is 0.308. The first-order valence-electron chi connectivity index (χ1n) is 10.4. The van der Waals surface area contributed by atoms with Crippen molar-refractivity contribution in [1.82, 2.24) is 0 Å². The number of benzene rings is 1. The smallest absolute Gasteiger partial charge is 0.0964 e. The fourth-order valence-corrected chi connectivity index (χ4v) is 3.18. The zero-order valence-corrected chi connectivity index (χ0v) is 17.3. The lowest BCUT2D eigenvalue weighted by molar-refractivity contribution is 0.885. The second-order valence-corrected chi connectivity index (χ2v) is 6.98. The fraction of sp³-hybridized carbons (Fsp3) is 0.143. The van der Waals surface area contributed by atoms with E-state index in [2.05, 4.69) is 61.2 Å². The average Bonchev–Trinajstić information content (AvgIpc) is 2.82. The van der Waals surface area contributed by atoms with Gasteiger partial charge in [-0.1, -0.05) is 104 Å². The summed E-state index contributed by atoms with van der Waals surface area (Å²) in [6, 6.07) is 10.3. The highest BCUT2D eigenvalue weighted by Gasteiger charge is 2.13. The molecule has 150 valence electrons. The van der Waals surface area contributed by atoms with Crippen molar-refractivity contribution < 1.29 is 0 Å². The van der Waals surface area contributed by atoms with Gasteiger partial charge in [-0.05, 0) is 30.9 Å². The molecule has 0 unspecified atom stereocenters. The highest BCUT2D eigenvalue weighted by molar-refractivity contribution is 5.84. The lowest BCUT2D eigenvalue weighted by atomic mass is 9.99. The summed E-state index contributed by atoms with van der Waals surface area (Å²) < 4.78 is 0. The number of rotatable bonds is 8. The van der Waals surface area contributed by atoms with Crippen molar-refractivity contribution in [1.29, 1.82) is 0 Å². The zero-order valence-electron chi connectivity index (χ0n) is 17.3. The lowest BCUT2D eigenvalue weighted by Crippen LogP contribution is -2.01. The van der Waals surface area contributed by atoms with Gasteiger partial charge in [0.15, 0.2) is 0 Å². The van der Waals surface area contributed by atoms with Crippen molar-refractivity contribution in [3.8, 4) is 0 Å². The minimum Gasteiger partial charge on any atom is -0.258 e. The molecule has 0 aromatic heterocycles. The van der Waals surface area contributed by atoms with Gasteiger partial charge in [-0.2, -0.15) is 0 Å². The van der Waals surface area contributed by atoms with Crippen molar-refractivity contribution in [2.75, 3.05) is 0 Å². The molecular weight excluding hydrogens is 364 g/mol. The number of allylic oxidation sites excluding steroid dienone is 12. The van der Waals surface area contributed by atoms with E-state index >= 15 is 0 Å². The molecule has 2 aliphatic rings. The van der Waals surface area contributed by atoms with E-state index in [9.17, 15) is 0 Å². The molecule has 0 fully saturated rings. The van der Waals surface area contributed by atoms with Crippen LogP contribution in [0, 0.1) is 5.92 Å². The molecule has 2 nitrogen and oxygen atoms in total. The third-order valence-electron chi connectivity index (χ3n) is 4.71. The maximum atomic E-state index is 4.96. The summed E-state index contributed by atoms with van der Waals surface area (Å²) in [4.78, 5) is 9.78. The Morgan fingerprint density at radius 2 is 1.77 bits per heavy atom. The van der Waals surface area contributed by atoms with Crippen LogP contribution >= 0.6 is 0 Å². The van der Waals surface area contributed by atoms with E-state index in [0.29, 0.717) is 5.92 Å². The quantitative estimate of drug-likeness (QED) is 0.330. The van der Waals surface area contributed by atoms with E-state index in [4.69, 9.17) is 9.98 Å². The van der Waals surface area contributed by atoms with Gasteiger partial charge >= 0.3 is 0 Å². The molecular formula is C28H28N2. The van der Waals surface area contributed by atoms with Gasteiger partial charge in [-0.15, -0.1) is 0 Å². The predicted molar refractivity (Wildman–Crippen MR) is 132 cm³/mol. The van der Waals surface area contributed by atoms with Gasteiger partial charge in [-0.25, -0.2) is 0 Å². The first-order chi connectivity index (χ1) is 14.9. The summed E-state index contributed by atoms with van der Waals surface area (Å²) in [5, 5.41) is 0. The molecule has 0 aliphatic heterocycles. The summed E-state index contributed by atoms with van der Waals surface area (Å²) in [6.45, 7) is 3.68. The molecule has 1 aromatic carbocycles. The van der Waals surface area contributed by atoms with Crippen LogP contribution in [0.2, 0.25) is 0 Å². The van der Waals surface area contributed by atoms with Gasteiger partial charge < -0.3 is 0 Å². The van der Waals surface area contributed by atoms with Crippen LogP contribution < -0.4 is 0 Å². The van der Waals surface area contributed by atoms with Crippen LogP contribution in [0.1, 0.15) is 24.8 Å². The van der Waals surface area contributed by atoms with Gasteiger partial charge in [0, 0.05) is 23.9 Å². The maximum Gasteiger partial charge on any atom is 0.0964 e. The molecule has 1 aromatic rings. The second kappa shape index (κ2) is 12.1. The van der Waals surface area contributed by atoms with E-state index in [-0.39, 0.29) is 0 Å². The molecule has 0 saturated carbocycles. The summed E-state index contributed by atoms with van der Waals surface area (Å²) in [6.07, 6.45) is 31.5. The number of hydrogen-bond acceptors (Lipinski definition) is 2. The molecule has 30 heavy (non-hydrogen) atoms. The summed E-state index contributed by atoms with van der Waals surface area (Å²) in [7, 11) is 0. The van der Waals surface area contributed by atoms with Gasteiger partial charge in [0.05, 0.1) is 11.4 Å². The molecule has 0 N–H and O–H groups in total. The first-order valence-corrected chi connectivity index (χ1v) is 10.4. The van der Waals surface area contributed by atoms with Crippen LogP contribution in [-0.2, 0) is 0 Å². The van der Waals surface area contributed by atoms with Gasteiger partial charge in [0.2, 0.25) is 0 Å². The molecule has 0 radical (unpaired) electrons. The number of aliphatic imine (C=N–C) groups is 2. The SMILES string of the molecule is C=C\C=C/C=C/C=N\C(=C(/N=C[C@@H]1C=CC=CC1)C1=CCCC=C1)c1ccccc1. The minimum atomic E-state index is 0.308. The molecule has 2 aliphatic carbocycles. The Bertz CT molecular complexity index is 977. The number of hydrogen-bond donors (Lipinski definition) is 0. The lowest BCUT2D eigenvalue weighted by Gasteiger charge is -2.14. The zero-order chi connectivity index (χ0) is 20.9. The molecule has 2 heteroatoms. The third-order valence-corrected chi connectivity index (χ3v) is 4.71. The Labute approximate surface area is 180 Å². The Balaban J connectivity index is 2.03. The number of nitrogens with zero attached hydrogens (tertiary/aromatic N) is 2. The monoisotopic (exact) mass is 392 g/mol. The van der Waals surface area contributed by atoms with E-state index < -0.39 is 0 Å². The van der Waals surface area contributed by atoms with Crippen molar-refractivity contribution in [3.63, 3.8) is 0 Å². The van der Waals surface area contributed by atoms with Crippen molar-refractivity contribution in [3.05, 3.63) is 127 Å². The predicted octanol–water partition coefficient (Wildman–Crippen LogP) is 7.20. The normalized spacial score (nSPS) is 19.9. The molecule has 1 atom stereocenters. The Kier molecular flexibility index (Phi) is 8.57. The molecule has 3 rings (SSSR count). The Morgan fingerprint density at radius 3 is 2.50 bits per heavy atom. The van der Waals surface area contributed by atoms with Crippen LogP contribution in [0.5, 0.6) is 0 Å². The van der Waals surface area contributed by atoms with E-state index in [1.165, 1.54) is 0 Å². The van der Waals surface area contributed by atoms with E-state index in [1.807, 2.05) is 54.9 Å². The van der Waals surface area contributed by atoms with Crippen LogP contribution in [-0.4, -0.2) is 12.4 Å². The molecule has 0 bridgehead atoms. The molecule has 0 heterocycles. The van der Waals surface area contributed by atoms with Crippen molar-refractivity contribution in [2.24, 2.45) is 15.9 Å². The van der Waals surface area contributed by atoms with Crippen LogP contribution in [0.3, 0.4) is 0 Å². The van der Waals surface area contributed by atoms with E-state index in [0.717, 1.165) is 41.8 Å². The highest BCUT2D eigenvalue weighted by atomic mass is 14.8. The minimum absolute atomic E-state index is 0.308. The van der Waals surface area contributed by atoms with Crippen molar-refractivity contribution >= 4 is 18.1 Å². The molecule has 0 spiro atoms. The van der Waals surface area contributed by atoms with Crippen LogP contribution in [0.25, 0.3) is 5.70 Å². The maximum absolute atomic E-state index is 4.96. The van der Waals surface area contributed by atoms with Gasteiger partial charge in [0.1, 0.15) is 0 Å². The standard InChI is InChI=1S/C28H28N2/c1-2-3-4-5-15-22-29-27(25-18-11-7-12-19-25)28(26-20-13-8-14-21-26)30-23-24-16-9-6-10-17-24/h2-7,9-13,15-16,18-24H,1,8,14,17H2/b4-3-,15-5+,28-27-,29-22-,30-23?/t24-/m1/s1. The first kappa shape index (κ1) is 21.2. The van der Waals surface area contributed by atoms with Gasteiger partial charge in [0.25, 0.3) is 0 Å². The highest BCUT2D eigenvalue weighted by Crippen LogP contribution is 2.29. The summed E-state index contributed by atoms with van der Waals surface area (Å²) >= 11 is 0. The molecule has 0 amide bonds.